The maximum Gasteiger partial charge on any atom is 0.334 e. The fourth-order valence-corrected chi connectivity index (χ4v) is 3.87. The van der Waals surface area contributed by atoms with Crippen molar-refractivity contribution < 1.29 is 62.3 Å². The van der Waals surface area contributed by atoms with Crippen molar-refractivity contribution in [2.75, 3.05) is 46.1 Å². The highest BCUT2D eigenvalue weighted by atomic mass is 16.7. The first-order valence-corrected chi connectivity index (χ1v) is 13.2. The minimum Gasteiger partial charge on any atom is -0.379 e. The Hall–Kier alpha value is -4.51. The van der Waals surface area contributed by atoms with Crippen molar-refractivity contribution in [3.05, 3.63) is 12.2 Å². The van der Waals surface area contributed by atoms with E-state index in [9.17, 15) is 43.2 Å². The van der Waals surface area contributed by atoms with Gasteiger partial charge >= 0.3 is 11.9 Å². The highest BCUT2D eigenvalue weighted by Crippen LogP contribution is 2.14. The Morgan fingerprint density at radius 3 is 1.50 bits per heavy atom. The molecule has 0 aliphatic carbocycles. The van der Waals surface area contributed by atoms with Crippen molar-refractivity contribution in [2.45, 2.75) is 44.9 Å². The fourth-order valence-electron chi connectivity index (χ4n) is 3.87. The van der Waals surface area contributed by atoms with Gasteiger partial charge in [-0.2, -0.15) is 0 Å². The standard InChI is InChI=1S/C25H30N4O13/c30-17(9-13-39-15-16-40-14-12-27-18(31)1-2-19(27)32)26(10-7-24(37)41-28-20(33)3-4-21(28)34)11-8-25(38)42-29-22(35)5-6-23(29)36/h1-2H,3-16H2. The molecule has 3 rings (SSSR count). The summed E-state index contributed by atoms with van der Waals surface area (Å²) >= 11 is 0. The van der Waals surface area contributed by atoms with E-state index in [1.165, 1.54) is 12.2 Å². The molecular weight excluding hydrogens is 564 g/mol. The van der Waals surface area contributed by atoms with Crippen LogP contribution in [-0.2, 0) is 62.3 Å². The lowest BCUT2D eigenvalue weighted by atomic mass is 10.3. The van der Waals surface area contributed by atoms with Crippen LogP contribution in [-0.4, -0.2) is 119 Å². The summed E-state index contributed by atoms with van der Waals surface area (Å²) in [5.74, 6) is -5.89. The molecule has 17 heteroatoms. The van der Waals surface area contributed by atoms with E-state index >= 15 is 0 Å². The van der Waals surface area contributed by atoms with Crippen molar-refractivity contribution >= 4 is 53.3 Å². The maximum atomic E-state index is 12.8. The summed E-state index contributed by atoms with van der Waals surface area (Å²) in [6, 6.07) is 0. The molecule has 3 aliphatic rings. The van der Waals surface area contributed by atoms with Crippen molar-refractivity contribution in [2.24, 2.45) is 0 Å². The van der Waals surface area contributed by atoms with Crippen molar-refractivity contribution in [3.63, 3.8) is 0 Å². The van der Waals surface area contributed by atoms with Crippen LogP contribution in [0.4, 0.5) is 0 Å². The Bertz CT molecular complexity index is 1060. The van der Waals surface area contributed by atoms with Gasteiger partial charge in [-0.3, -0.25) is 38.5 Å². The van der Waals surface area contributed by atoms with Crippen molar-refractivity contribution in [1.29, 1.82) is 0 Å². The number of carbonyl (C=O) groups is 9. The summed E-state index contributed by atoms with van der Waals surface area (Å²) in [7, 11) is 0. The normalized spacial score (nSPS) is 16.7. The number of amides is 7. The zero-order valence-electron chi connectivity index (χ0n) is 22.7. The van der Waals surface area contributed by atoms with E-state index in [2.05, 4.69) is 0 Å². The number of hydrogen-bond acceptors (Lipinski definition) is 13. The molecule has 7 amide bonds. The third kappa shape index (κ3) is 9.27. The van der Waals surface area contributed by atoms with Crippen LogP contribution in [0.2, 0.25) is 0 Å². The summed E-state index contributed by atoms with van der Waals surface area (Å²) in [5, 5.41) is 0.757. The molecule has 0 N–H and O–H groups in total. The molecule has 228 valence electrons. The highest BCUT2D eigenvalue weighted by molar-refractivity contribution is 6.12. The van der Waals surface area contributed by atoms with E-state index < -0.39 is 66.1 Å². The Kier molecular flexibility index (Phi) is 11.8. The molecule has 3 aliphatic heterocycles. The largest absolute Gasteiger partial charge is 0.379 e. The summed E-state index contributed by atoms with van der Waals surface area (Å²) < 4.78 is 10.7. The number of nitrogens with zero attached hydrogens (tertiary/aromatic N) is 4. The minimum absolute atomic E-state index is 0.0475. The second-order valence-electron chi connectivity index (χ2n) is 9.11. The first-order chi connectivity index (χ1) is 20.1. The Labute approximate surface area is 239 Å². The topological polar surface area (TPSA) is 204 Å². The lowest BCUT2D eigenvalue weighted by molar-refractivity contribution is -0.198. The van der Waals surface area contributed by atoms with E-state index in [0.29, 0.717) is 10.1 Å². The number of ether oxygens (including phenoxy) is 2. The summed E-state index contributed by atoms with van der Waals surface area (Å²) in [6.07, 6.45) is 1.04. The van der Waals surface area contributed by atoms with Gasteiger partial charge < -0.3 is 24.0 Å². The molecule has 0 unspecified atom stereocenters. The molecule has 2 fully saturated rings. The summed E-state index contributed by atoms with van der Waals surface area (Å²) in [4.78, 5) is 119. The molecule has 0 bridgehead atoms. The number of carbonyl (C=O) groups excluding carboxylic acids is 9. The summed E-state index contributed by atoms with van der Waals surface area (Å²) in [5.41, 5.74) is 0. The first kappa shape index (κ1) is 32.0. The zero-order chi connectivity index (χ0) is 30.6. The average Bonchev–Trinajstić information content (AvgIpc) is 3.57. The van der Waals surface area contributed by atoms with Gasteiger partial charge in [-0.25, -0.2) is 9.59 Å². The first-order valence-electron chi connectivity index (χ1n) is 13.2. The third-order valence-corrected chi connectivity index (χ3v) is 6.11. The van der Waals surface area contributed by atoms with E-state index in [1.807, 2.05) is 0 Å². The van der Waals surface area contributed by atoms with E-state index in [0.717, 1.165) is 9.80 Å². The number of imide groups is 3. The van der Waals surface area contributed by atoms with Crippen molar-refractivity contribution in [3.8, 4) is 0 Å². The van der Waals surface area contributed by atoms with Crippen molar-refractivity contribution in [1.82, 2.24) is 19.9 Å². The van der Waals surface area contributed by atoms with Gasteiger partial charge in [0.05, 0.1) is 52.2 Å². The number of rotatable bonds is 17. The highest BCUT2D eigenvalue weighted by Gasteiger charge is 2.34. The quantitative estimate of drug-likeness (QED) is 0.134. The van der Waals surface area contributed by atoms with Crippen LogP contribution in [0.5, 0.6) is 0 Å². The molecule has 0 aromatic heterocycles. The monoisotopic (exact) mass is 594 g/mol. The van der Waals surface area contributed by atoms with Crippen LogP contribution in [0, 0.1) is 0 Å². The molecule has 3 heterocycles. The van der Waals surface area contributed by atoms with Crippen LogP contribution >= 0.6 is 0 Å². The Morgan fingerprint density at radius 1 is 0.619 bits per heavy atom. The van der Waals surface area contributed by atoms with Gasteiger partial charge in [0.2, 0.25) is 5.91 Å². The molecule has 0 aromatic carbocycles. The molecule has 0 radical (unpaired) electrons. The third-order valence-electron chi connectivity index (χ3n) is 6.11. The molecule has 0 aromatic rings. The zero-order valence-corrected chi connectivity index (χ0v) is 22.7. The fraction of sp³-hybridized carbons (Fsp3) is 0.560. The smallest absolute Gasteiger partial charge is 0.334 e. The molecule has 0 saturated carbocycles. The van der Waals surface area contributed by atoms with Crippen LogP contribution < -0.4 is 0 Å². The van der Waals surface area contributed by atoms with Crippen LogP contribution in [0.1, 0.15) is 44.9 Å². The summed E-state index contributed by atoms with van der Waals surface area (Å²) in [6.45, 7) is -0.117. The lowest BCUT2D eigenvalue weighted by Gasteiger charge is -2.23. The molecule has 2 saturated heterocycles. The predicted molar refractivity (Wildman–Crippen MR) is 132 cm³/mol. The van der Waals surface area contributed by atoms with Gasteiger partial charge in [0.1, 0.15) is 0 Å². The van der Waals surface area contributed by atoms with Gasteiger partial charge in [-0.05, 0) is 0 Å². The molecule has 17 nitrogen and oxygen atoms in total. The van der Waals surface area contributed by atoms with Crippen LogP contribution in [0.25, 0.3) is 0 Å². The van der Waals surface area contributed by atoms with E-state index in [1.54, 1.807) is 0 Å². The Balaban J connectivity index is 1.40. The molecular formula is C25H30N4O13. The SMILES string of the molecule is O=C(CCN(CCC(=O)ON1C(=O)CCC1=O)C(=O)CCOCCOCCN1C(=O)C=CC1=O)ON1C(=O)CCC1=O. The van der Waals surface area contributed by atoms with Crippen LogP contribution in [0.3, 0.4) is 0 Å². The molecule has 42 heavy (non-hydrogen) atoms. The second kappa shape index (κ2) is 15.5. The van der Waals surface area contributed by atoms with Gasteiger partial charge in [0, 0.05) is 50.9 Å². The maximum absolute atomic E-state index is 12.8. The van der Waals surface area contributed by atoms with Gasteiger partial charge in [0.15, 0.2) is 0 Å². The Morgan fingerprint density at radius 2 is 1.05 bits per heavy atom. The molecule has 0 spiro atoms. The molecule has 0 atom stereocenters. The average molecular weight is 595 g/mol. The van der Waals surface area contributed by atoms with E-state index in [-0.39, 0.29) is 78.2 Å². The lowest BCUT2D eigenvalue weighted by Crippen LogP contribution is -2.38. The minimum atomic E-state index is -0.950. The number of hydrogen-bond donors (Lipinski definition) is 0. The van der Waals surface area contributed by atoms with Gasteiger partial charge in [0.25, 0.3) is 35.4 Å². The second-order valence-corrected chi connectivity index (χ2v) is 9.11. The van der Waals surface area contributed by atoms with Gasteiger partial charge in [-0.1, -0.05) is 0 Å². The van der Waals surface area contributed by atoms with E-state index in [4.69, 9.17) is 19.1 Å². The van der Waals surface area contributed by atoms with Crippen LogP contribution in [0.15, 0.2) is 12.2 Å². The van der Waals surface area contributed by atoms with Gasteiger partial charge in [-0.15, -0.1) is 10.1 Å². The predicted octanol–water partition coefficient (Wildman–Crippen LogP) is -1.84. The number of hydroxylamine groups is 4.